The summed E-state index contributed by atoms with van der Waals surface area (Å²) in [6.45, 7) is 0.430. The van der Waals surface area contributed by atoms with Crippen molar-refractivity contribution in [1.29, 1.82) is 0 Å². The molecule has 160 valence electrons. The van der Waals surface area contributed by atoms with Gasteiger partial charge in [-0.2, -0.15) is 5.10 Å². The highest BCUT2D eigenvalue weighted by Gasteiger charge is 2.42. The summed E-state index contributed by atoms with van der Waals surface area (Å²) in [6, 6.07) is 21.9. The summed E-state index contributed by atoms with van der Waals surface area (Å²) < 4.78 is 5.31. The van der Waals surface area contributed by atoms with E-state index >= 15 is 0 Å². The molecule has 0 saturated heterocycles. The Morgan fingerprint density at radius 3 is 2.56 bits per heavy atom. The van der Waals surface area contributed by atoms with Gasteiger partial charge in [-0.25, -0.2) is 0 Å². The quantitative estimate of drug-likeness (QED) is 0.443. The van der Waals surface area contributed by atoms with Crippen LogP contribution >= 0.6 is 11.6 Å². The van der Waals surface area contributed by atoms with Crippen molar-refractivity contribution in [3.05, 3.63) is 100 Å². The number of H-pyrrole nitrogens is 1. The summed E-state index contributed by atoms with van der Waals surface area (Å²) in [5, 5.41) is 18.3. The molecule has 32 heavy (non-hydrogen) atoms. The van der Waals surface area contributed by atoms with Gasteiger partial charge in [0.25, 0.3) is 5.91 Å². The highest BCUT2D eigenvalue weighted by atomic mass is 35.5. The minimum Gasteiger partial charge on any atom is -0.507 e. The third-order valence-corrected chi connectivity index (χ3v) is 5.94. The van der Waals surface area contributed by atoms with Gasteiger partial charge in [0.15, 0.2) is 0 Å². The number of fused-ring (bicyclic) bond motifs is 1. The molecule has 6 nitrogen and oxygen atoms in total. The Labute approximate surface area is 190 Å². The Bertz CT molecular complexity index is 1290. The van der Waals surface area contributed by atoms with Gasteiger partial charge in [0.2, 0.25) is 0 Å². The molecule has 1 amide bonds. The normalized spacial score (nSPS) is 15.1. The summed E-state index contributed by atoms with van der Waals surface area (Å²) in [5.74, 6) is 0.629. The van der Waals surface area contributed by atoms with Gasteiger partial charge in [0, 0.05) is 22.7 Å². The lowest BCUT2D eigenvalue weighted by Gasteiger charge is -2.26. The number of phenolic OH excluding ortho intramolecular Hbond substituents is 1. The second kappa shape index (κ2) is 8.05. The Kier molecular flexibility index (Phi) is 5.07. The summed E-state index contributed by atoms with van der Waals surface area (Å²) in [7, 11) is 1.62. The van der Waals surface area contributed by atoms with E-state index in [4.69, 9.17) is 16.3 Å². The summed E-state index contributed by atoms with van der Waals surface area (Å²) >= 11 is 6.20. The number of methoxy groups -OCH3 is 1. The SMILES string of the molecule is COc1ccc(C2c3c(-c4cc(Cl)ccc4O)n[nH]c3C(=O)N2Cc2ccccc2)cc1. The molecule has 4 aromatic rings. The van der Waals surface area contributed by atoms with Gasteiger partial charge in [-0.1, -0.05) is 54.1 Å². The molecule has 0 aliphatic carbocycles. The van der Waals surface area contributed by atoms with E-state index < -0.39 is 6.04 Å². The number of nitrogens with zero attached hydrogens (tertiary/aromatic N) is 2. The first-order valence-electron chi connectivity index (χ1n) is 10.1. The van der Waals surface area contributed by atoms with Gasteiger partial charge >= 0.3 is 0 Å². The van der Waals surface area contributed by atoms with Crippen LogP contribution in [0.25, 0.3) is 11.3 Å². The fourth-order valence-electron chi connectivity index (χ4n) is 4.18. The monoisotopic (exact) mass is 445 g/mol. The maximum absolute atomic E-state index is 13.4. The van der Waals surface area contributed by atoms with Crippen LogP contribution < -0.4 is 4.74 Å². The summed E-state index contributed by atoms with van der Waals surface area (Å²) in [6.07, 6.45) is 0. The number of hydrogen-bond acceptors (Lipinski definition) is 4. The van der Waals surface area contributed by atoms with Crippen LogP contribution in [-0.4, -0.2) is 33.2 Å². The fraction of sp³-hybridized carbons (Fsp3) is 0.120. The largest absolute Gasteiger partial charge is 0.507 e. The number of benzene rings is 3. The van der Waals surface area contributed by atoms with E-state index in [0.717, 1.165) is 16.9 Å². The molecule has 1 aliphatic heterocycles. The first-order valence-corrected chi connectivity index (χ1v) is 10.5. The van der Waals surface area contributed by atoms with Crippen molar-refractivity contribution in [3.63, 3.8) is 0 Å². The average molecular weight is 446 g/mol. The molecule has 5 rings (SSSR count). The van der Waals surface area contributed by atoms with Crippen LogP contribution in [0.3, 0.4) is 0 Å². The molecular weight excluding hydrogens is 426 g/mol. The first-order chi connectivity index (χ1) is 15.6. The zero-order valence-corrected chi connectivity index (χ0v) is 18.0. The zero-order valence-electron chi connectivity index (χ0n) is 17.2. The number of carbonyl (C=O) groups excluding carboxylic acids is 1. The van der Waals surface area contributed by atoms with Crippen molar-refractivity contribution in [2.45, 2.75) is 12.6 Å². The maximum Gasteiger partial charge on any atom is 0.273 e. The van der Waals surface area contributed by atoms with E-state index in [9.17, 15) is 9.90 Å². The lowest BCUT2D eigenvalue weighted by Crippen LogP contribution is -2.29. The highest BCUT2D eigenvalue weighted by molar-refractivity contribution is 6.31. The zero-order chi connectivity index (χ0) is 22.2. The second-order valence-electron chi connectivity index (χ2n) is 7.62. The van der Waals surface area contributed by atoms with Crippen molar-refractivity contribution in [2.24, 2.45) is 0 Å². The predicted molar refractivity (Wildman–Crippen MR) is 122 cm³/mol. The van der Waals surface area contributed by atoms with Crippen molar-refractivity contribution < 1.29 is 14.6 Å². The van der Waals surface area contributed by atoms with Crippen LogP contribution in [-0.2, 0) is 6.54 Å². The minimum atomic E-state index is -0.393. The number of phenols is 1. The Morgan fingerprint density at radius 1 is 1.09 bits per heavy atom. The molecular formula is C25H20ClN3O3. The van der Waals surface area contributed by atoms with Gasteiger partial charge in [-0.05, 0) is 41.5 Å². The molecule has 1 aliphatic rings. The van der Waals surface area contributed by atoms with E-state index in [-0.39, 0.29) is 11.7 Å². The standard InChI is InChI=1S/C25H20ClN3O3/c1-32-18-10-7-16(8-11-18)24-21-22(19-13-17(26)9-12-20(19)30)27-28-23(21)25(31)29(24)14-15-5-3-2-4-6-15/h2-13,24,30H,14H2,1H3,(H,27,28). The molecule has 0 radical (unpaired) electrons. The third kappa shape index (κ3) is 3.39. The molecule has 3 aromatic carbocycles. The van der Waals surface area contributed by atoms with Gasteiger partial charge in [0.1, 0.15) is 22.9 Å². The molecule has 2 heterocycles. The summed E-state index contributed by atoms with van der Waals surface area (Å²) in [5.41, 5.74) is 4.04. The van der Waals surface area contributed by atoms with E-state index in [0.29, 0.717) is 34.1 Å². The average Bonchev–Trinajstić information content (AvgIpc) is 3.35. The van der Waals surface area contributed by atoms with Crippen LogP contribution in [0, 0.1) is 0 Å². The topological polar surface area (TPSA) is 78.5 Å². The molecule has 0 bridgehead atoms. The predicted octanol–water partition coefficient (Wildman–Crippen LogP) is 5.19. The van der Waals surface area contributed by atoms with Crippen LogP contribution in [0.15, 0.2) is 72.8 Å². The third-order valence-electron chi connectivity index (χ3n) is 5.70. The van der Waals surface area contributed by atoms with Crippen molar-refractivity contribution >= 4 is 17.5 Å². The minimum absolute atomic E-state index is 0.0474. The molecule has 1 unspecified atom stereocenters. The number of halogens is 1. The number of ether oxygens (including phenoxy) is 1. The lowest BCUT2D eigenvalue weighted by atomic mass is 9.95. The number of aromatic nitrogens is 2. The van der Waals surface area contributed by atoms with Gasteiger partial charge in [-0.15, -0.1) is 0 Å². The van der Waals surface area contributed by atoms with Crippen molar-refractivity contribution in [2.75, 3.05) is 7.11 Å². The smallest absolute Gasteiger partial charge is 0.273 e. The number of aromatic amines is 1. The number of hydrogen-bond donors (Lipinski definition) is 2. The van der Waals surface area contributed by atoms with Gasteiger partial charge in [-0.3, -0.25) is 9.89 Å². The van der Waals surface area contributed by atoms with Crippen LogP contribution in [0.5, 0.6) is 11.5 Å². The number of amides is 1. The van der Waals surface area contributed by atoms with E-state index in [1.807, 2.05) is 59.5 Å². The number of aromatic hydroxyl groups is 1. The van der Waals surface area contributed by atoms with Gasteiger partial charge in [0.05, 0.1) is 13.2 Å². The fourth-order valence-corrected chi connectivity index (χ4v) is 4.35. The lowest BCUT2D eigenvalue weighted by molar-refractivity contribution is 0.0730. The van der Waals surface area contributed by atoms with E-state index in [1.165, 1.54) is 6.07 Å². The second-order valence-corrected chi connectivity index (χ2v) is 8.05. The highest BCUT2D eigenvalue weighted by Crippen LogP contribution is 2.45. The molecule has 2 N–H and O–H groups in total. The van der Waals surface area contributed by atoms with Crippen molar-refractivity contribution in [3.8, 4) is 22.8 Å². The Hall–Kier alpha value is -3.77. The molecule has 0 fully saturated rings. The van der Waals surface area contributed by atoms with Crippen LogP contribution in [0.1, 0.15) is 33.2 Å². The maximum atomic E-state index is 13.4. The number of rotatable bonds is 5. The molecule has 1 aromatic heterocycles. The number of carbonyl (C=O) groups is 1. The van der Waals surface area contributed by atoms with Crippen molar-refractivity contribution in [1.82, 2.24) is 15.1 Å². The van der Waals surface area contributed by atoms with Crippen LogP contribution in [0.4, 0.5) is 0 Å². The molecule has 7 heteroatoms. The molecule has 0 spiro atoms. The molecule has 0 saturated carbocycles. The summed E-state index contributed by atoms with van der Waals surface area (Å²) in [4.78, 5) is 15.3. The first kappa shape index (κ1) is 20.2. The molecule has 1 atom stereocenters. The van der Waals surface area contributed by atoms with Gasteiger partial charge < -0.3 is 14.7 Å². The van der Waals surface area contributed by atoms with Crippen LogP contribution in [0.2, 0.25) is 5.02 Å². The Balaban J connectivity index is 1.67. The van der Waals surface area contributed by atoms with E-state index in [1.54, 1.807) is 19.2 Å². The Morgan fingerprint density at radius 2 is 1.84 bits per heavy atom. The van der Waals surface area contributed by atoms with E-state index in [2.05, 4.69) is 10.2 Å². The number of nitrogens with one attached hydrogen (secondary N) is 1.